The predicted octanol–water partition coefficient (Wildman–Crippen LogP) is 1.91. The van der Waals surface area contributed by atoms with Gasteiger partial charge in [0.15, 0.2) is 6.61 Å². The summed E-state index contributed by atoms with van der Waals surface area (Å²) in [5, 5.41) is 0. The zero-order valence-corrected chi connectivity index (χ0v) is 10.8. The van der Waals surface area contributed by atoms with E-state index in [1.54, 1.807) is 17.0 Å². The van der Waals surface area contributed by atoms with Crippen molar-refractivity contribution in [3.05, 3.63) is 24.3 Å². The molecule has 110 valence electrons. The number of hydrogen-bond donors (Lipinski definition) is 0. The van der Waals surface area contributed by atoms with Gasteiger partial charge in [-0.25, -0.2) is 0 Å². The smallest absolute Gasteiger partial charge is 0.422 e. The highest BCUT2D eigenvalue weighted by molar-refractivity contribution is 5.52. The number of carbonyl (C=O) groups is 1. The normalized spacial score (nSPS) is 16.1. The van der Waals surface area contributed by atoms with Crippen molar-refractivity contribution < 1.29 is 22.7 Å². The molecule has 7 heteroatoms. The Kier molecular flexibility index (Phi) is 4.36. The number of nitrogens with zero attached hydrogens (tertiary/aromatic N) is 2. The molecule has 1 heterocycles. The summed E-state index contributed by atoms with van der Waals surface area (Å²) in [4.78, 5) is 14.4. The van der Waals surface area contributed by atoms with E-state index in [-0.39, 0.29) is 5.75 Å². The molecule has 1 aromatic carbocycles. The summed E-state index contributed by atoms with van der Waals surface area (Å²) in [7, 11) is 0. The molecule has 1 aliphatic rings. The Bertz CT molecular complexity index is 440. The van der Waals surface area contributed by atoms with Crippen LogP contribution in [0.3, 0.4) is 0 Å². The van der Waals surface area contributed by atoms with Gasteiger partial charge in [0, 0.05) is 31.9 Å². The van der Waals surface area contributed by atoms with Gasteiger partial charge in [-0.05, 0) is 24.3 Å². The number of rotatable bonds is 4. The van der Waals surface area contributed by atoms with E-state index >= 15 is 0 Å². The van der Waals surface area contributed by atoms with Crippen LogP contribution in [0, 0.1) is 0 Å². The Morgan fingerprint density at radius 2 is 1.70 bits per heavy atom. The molecule has 0 aliphatic carbocycles. The lowest BCUT2D eigenvalue weighted by Crippen LogP contribution is -2.45. The van der Waals surface area contributed by atoms with Crippen LogP contribution in [-0.4, -0.2) is 50.3 Å². The third-order valence-electron chi connectivity index (χ3n) is 3.07. The molecule has 0 aromatic heterocycles. The van der Waals surface area contributed by atoms with Crippen molar-refractivity contribution in [3.8, 4) is 5.75 Å². The summed E-state index contributed by atoms with van der Waals surface area (Å²) in [6.07, 6.45) is -3.50. The Morgan fingerprint density at radius 1 is 1.10 bits per heavy atom. The van der Waals surface area contributed by atoms with Crippen LogP contribution in [0.5, 0.6) is 5.75 Å². The van der Waals surface area contributed by atoms with Crippen molar-refractivity contribution in [3.63, 3.8) is 0 Å². The van der Waals surface area contributed by atoms with Crippen molar-refractivity contribution in [2.75, 3.05) is 37.7 Å². The molecule has 0 N–H and O–H groups in total. The van der Waals surface area contributed by atoms with E-state index in [0.29, 0.717) is 26.2 Å². The maximum Gasteiger partial charge on any atom is 0.422 e. The first-order chi connectivity index (χ1) is 9.48. The summed E-state index contributed by atoms with van der Waals surface area (Å²) < 4.78 is 40.7. The van der Waals surface area contributed by atoms with Crippen LogP contribution in [0.1, 0.15) is 0 Å². The second kappa shape index (κ2) is 6.02. The number of amides is 1. The van der Waals surface area contributed by atoms with Crippen LogP contribution < -0.4 is 9.64 Å². The molecule has 0 spiro atoms. The summed E-state index contributed by atoms with van der Waals surface area (Å²) in [6, 6.07) is 6.49. The highest BCUT2D eigenvalue weighted by Crippen LogP contribution is 2.22. The van der Waals surface area contributed by atoms with E-state index in [1.807, 2.05) is 0 Å². The van der Waals surface area contributed by atoms with Crippen LogP contribution >= 0.6 is 0 Å². The lowest BCUT2D eigenvalue weighted by molar-refractivity contribution is -0.153. The molecule has 1 aliphatic heterocycles. The van der Waals surface area contributed by atoms with Gasteiger partial charge in [0.25, 0.3) is 0 Å². The van der Waals surface area contributed by atoms with Gasteiger partial charge in [0.1, 0.15) is 5.75 Å². The molecule has 0 saturated carbocycles. The average Bonchev–Trinajstić information content (AvgIpc) is 2.45. The van der Waals surface area contributed by atoms with E-state index < -0.39 is 12.8 Å². The molecule has 20 heavy (non-hydrogen) atoms. The summed E-state index contributed by atoms with van der Waals surface area (Å²) in [6.45, 7) is 1.43. The summed E-state index contributed by atoms with van der Waals surface area (Å²) in [5.41, 5.74) is 0.912. The van der Waals surface area contributed by atoms with Gasteiger partial charge in [0.05, 0.1) is 0 Å². The van der Waals surface area contributed by atoms with E-state index in [1.165, 1.54) is 12.1 Å². The lowest BCUT2D eigenvalue weighted by atomic mass is 10.2. The second-order valence-electron chi connectivity index (χ2n) is 4.53. The third kappa shape index (κ3) is 4.04. The molecule has 4 nitrogen and oxygen atoms in total. The van der Waals surface area contributed by atoms with Gasteiger partial charge in [-0.3, -0.25) is 4.79 Å². The average molecular weight is 288 g/mol. The molecule has 0 unspecified atom stereocenters. The van der Waals surface area contributed by atoms with Gasteiger partial charge in [-0.2, -0.15) is 13.2 Å². The van der Waals surface area contributed by atoms with E-state index in [9.17, 15) is 18.0 Å². The highest BCUT2D eigenvalue weighted by atomic mass is 19.4. The molecule has 1 saturated heterocycles. The molecule has 2 rings (SSSR count). The molecule has 0 radical (unpaired) electrons. The van der Waals surface area contributed by atoms with Crippen LogP contribution in [-0.2, 0) is 4.79 Å². The minimum atomic E-state index is -4.33. The van der Waals surface area contributed by atoms with Crippen LogP contribution in [0.25, 0.3) is 0 Å². The first-order valence-corrected chi connectivity index (χ1v) is 6.22. The SMILES string of the molecule is O=CN1CCN(c2ccc(OCC(F)(F)F)cc2)CC1. The molecular weight excluding hydrogens is 273 g/mol. The summed E-state index contributed by atoms with van der Waals surface area (Å²) in [5.74, 6) is 0.192. The molecule has 1 amide bonds. The third-order valence-corrected chi connectivity index (χ3v) is 3.07. The van der Waals surface area contributed by atoms with Gasteiger partial charge in [0.2, 0.25) is 6.41 Å². The zero-order valence-electron chi connectivity index (χ0n) is 10.8. The fraction of sp³-hybridized carbons (Fsp3) is 0.462. The Balaban J connectivity index is 1.90. The topological polar surface area (TPSA) is 32.8 Å². The van der Waals surface area contributed by atoms with Crippen LogP contribution in [0.2, 0.25) is 0 Å². The Morgan fingerprint density at radius 3 is 2.20 bits per heavy atom. The van der Waals surface area contributed by atoms with Crippen molar-refractivity contribution in [2.24, 2.45) is 0 Å². The van der Waals surface area contributed by atoms with Gasteiger partial charge in [-0.1, -0.05) is 0 Å². The van der Waals surface area contributed by atoms with E-state index in [4.69, 9.17) is 0 Å². The van der Waals surface area contributed by atoms with Crippen LogP contribution in [0.4, 0.5) is 18.9 Å². The molecule has 0 atom stereocenters. The van der Waals surface area contributed by atoms with Gasteiger partial charge >= 0.3 is 6.18 Å². The standard InChI is InChI=1S/C13H15F3N2O2/c14-13(15,16)9-20-12-3-1-11(2-4-12)18-7-5-17(10-19)6-8-18/h1-4,10H,5-9H2. The number of hydrogen-bond acceptors (Lipinski definition) is 3. The number of carbonyl (C=O) groups excluding carboxylic acids is 1. The minimum Gasteiger partial charge on any atom is -0.484 e. The number of alkyl halides is 3. The van der Waals surface area contributed by atoms with Gasteiger partial charge in [-0.15, -0.1) is 0 Å². The van der Waals surface area contributed by atoms with Gasteiger partial charge < -0.3 is 14.5 Å². The highest BCUT2D eigenvalue weighted by Gasteiger charge is 2.28. The van der Waals surface area contributed by atoms with E-state index in [2.05, 4.69) is 9.64 Å². The molecular formula is C13H15F3N2O2. The first-order valence-electron chi connectivity index (χ1n) is 6.22. The zero-order chi connectivity index (χ0) is 14.6. The largest absolute Gasteiger partial charge is 0.484 e. The minimum absolute atomic E-state index is 0.192. The predicted molar refractivity (Wildman–Crippen MR) is 67.8 cm³/mol. The monoisotopic (exact) mass is 288 g/mol. The molecule has 0 bridgehead atoms. The van der Waals surface area contributed by atoms with E-state index in [0.717, 1.165) is 12.1 Å². The second-order valence-corrected chi connectivity index (χ2v) is 4.53. The Labute approximate surface area is 114 Å². The lowest BCUT2D eigenvalue weighted by Gasteiger charge is -2.34. The fourth-order valence-corrected chi connectivity index (χ4v) is 2.00. The summed E-state index contributed by atoms with van der Waals surface area (Å²) >= 11 is 0. The number of ether oxygens (including phenoxy) is 1. The number of halogens is 3. The Hall–Kier alpha value is -1.92. The number of anilines is 1. The van der Waals surface area contributed by atoms with Crippen molar-refractivity contribution >= 4 is 12.1 Å². The number of benzene rings is 1. The maximum atomic E-state index is 12.0. The van der Waals surface area contributed by atoms with Crippen LogP contribution in [0.15, 0.2) is 24.3 Å². The first kappa shape index (κ1) is 14.5. The quantitative estimate of drug-likeness (QED) is 0.793. The van der Waals surface area contributed by atoms with Crippen molar-refractivity contribution in [1.29, 1.82) is 0 Å². The molecule has 1 aromatic rings. The number of piperazine rings is 1. The van der Waals surface area contributed by atoms with Crippen molar-refractivity contribution in [2.45, 2.75) is 6.18 Å². The van der Waals surface area contributed by atoms with Crippen molar-refractivity contribution in [1.82, 2.24) is 4.90 Å². The fourth-order valence-electron chi connectivity index (χ4n) is 2.00. The maximum absolute atomic E-state index is 12.0. The molecule has 1 fully saturated rings.